The zero-order valence-corrected chi connectivity index (χ0v) is 9.01. The van der Waals surface area contributed by atoms with Gasteiger partial charge in [-0.3, -0.25) is 4.79 Å². The Morgan fingerprint density at radius 1 is 1.71 bits per heavy atom. The Morgan fingerprint density at radius 3 is 3.00 bits per heavy atom. The zero-order chi connectivity index (χ0) is 10.4. The van der Waals surface area contributed by atoms with E-state index in [1.807, 2.05) is 6.92 Å². The van der Waals surface area contributed by atoms with Crippen molar-refractivity contribution >= 4 is 5.91 Å². The van der Waals surface area contributed by atoms with E-state index in [1.165, 1.54) is 6.42 Å². The van der Waals surface area contributed by atoms with Gasteiger partial charge in [0.2, 0.25) is 5.91 Å². The molecule has 0 aliphatic carbocycles. The molecule has 1 aliphatic rings. The quantitative estimate of drug-likeness (QED) is 0.670. The van der Waals surface area contributed by atoms with E-state index in [2.05, 4.69) is 10.6 Å². The highest BCUT2D eigenvalue weighted by molar-refractivity contribution is 5.80. The van der Waals surface area contributed by atoms with E-state index >= 15 is 0 Å². The van der Waals surface area contributed by atoms with Crippen LogP contribution in [0, 0.1) is 0 Å². The molecule has 82 valence electrons. The van der Waals surface area contributed by atoms with Gasteiger partial charge in [-0.15, -0.1) is 0 Å². The summed E-state index contributed by atoms with van der Waals surface area (Å²) in [5.74, 6) is 0.00343. The number of hydrogen-bond donors (Lipinski definition) is 2. The highest BCUT2D eigenvalue weighted by Crippen LogP contribution is 2.03. The Kier molecular flexibility index (Phi) is 4.90. The van der Waals surface area contributed by atoms with Gasteiger partial charge in [0.15, 0.2) is 0 Å². The molecule has 14 heavy (non-hydrogen) atoms. The zero-order valence-electron chi connectivity index (χ0n) is 9.01. The summed E-state index contributed by atoms with van der Waals surface area (Å²) in [7, 11) is 1.57. The molecule has 0 radical (unpaired) electrons. The first kappa shape index (κ1) is 11.5. The third-order valence-corrected chi connectivity index (χ3v) is 2.63. The van der Waals surface area contributed by atoms with Gasteiger partial charge in [0.1, 0.15) is 6.10 Å². The van der Waals surface area contributed by atoms with Gasteiger partial charge in [-0.05, 0) is 25.8 Å². The lowest BCUT2D eigenvalue weighted by Crippen LogP contribution is -2.42. The van der Waals surface area contributed by atoms with E-state index in [1.54, 1.807) is 7.11 Å². The Morgan fingerprint density at radius 2 is 2.50 bits per heavy atom. The van der Waals surface area contributed by atoms with Crippen molar-refractivity contribution in [3.05, 3.63) is 0 Å². The van der Waals surface area contributed by atoms with Crippen molar-refractivity contribution in [2.75, 3.05) is 20.2 Å². The Bertz CT molecular complexity index is 175. The summed E-state index contributed by atoms with van der Waals surface area (Å²) in [6.45, 7) is 3.74. The molecule has 0 spiro atoms. The number of amides is 1. The lowest BCUT2D eigenvalue weighted by molar-refractivity contribution is -0.131. The van der Waals surface area contributed by atoms with E-state index < -0.39 is 0 Å². The van der Waals surface area contributed by atoms with Crippen molar-refractivity contribution in [1.82, 2.24) is 10.6 Å². The highest BCUT2D eigenvalue weighted by Gasteiger charge is 2.18. The van der Waals surface area contributed by atoms with Crippen LogP contribution in [0.1, 0.15) is 26.2 Å². The van der Waals surface area contributed by atoms with Crippen LogP contribution in [-0.4, -0.2) is 38.3 Å². The van der Waals surface area contributed by atoms with Crippen molar-refractivity contribution in [1.29, 1.82) is 0 Å². The molecule has 0 aromatic rings. The fraction of sp³-hybridized carbons (Fsp3) is 0.900. The number of carbonyl (C=O) groups is 1. The molecule has 0 aromatic carbocycles. The Balaban J connectivity index is 2.18. The minimum Gasteiger partial charge on any atom is -0.372 e. The summed E-state index contributed by atoms with van der Waals surface area (Å²) >= 11 is 0. The van der Waals surface area contributed by atoms with E-state index in [0.29, 0.717) is 6.04 Å². The molecule has 0 aromatic heterocycles. The molecular weight excluding hydrogens is 180 g/mol. The summed E-state index contributed by atoms with van der Waals surface area (Å²) in [4.78, 5) is 11.5. The van der Waals surface area contributed by atoms with Gasteiger partial charge in [-0.2, -0.15) is 0 Å². The summed E-state index contributed by atoms with van der Waals surface area (Å²) in [5, 5.41) is 6.23. The first-order chi connectivity index (χ1) is 6.77. The van der Waals surface area contributed by atoms with E-state index in [0.717, 1.165) is 25.9 Å². The standard InChI is InChI=1S/C10H20N2O2/c1-3-9(14-2)10(13)12-7-8-5-4-6-11-8/h8-9,11H,3-7H2,1-2H3,(H,12,13). The molecule has 1 fully saturated rings. The molecule has 1 saturated heterocycles. The predicted octanol–water partition coefficient (Wildman–Crippen LogP) is 0.280. The van der Waals surface area contributed by atoms with Crippen molar-refractivity contribution in [3.8, 4) is 0 Å². The minimum absolute atomic E-state index is 0.00343. The predicted molar refractivity (Wildman–Crippen MR) is 55.1 cm³/mol. The monoisotopic (exact) mass is 200 g/mol. The second-order valence-corrected chi connectivity index (χ2v) is 3.67. The maximum atomic E-state index is 11.5. The van der Waals surface area contributed by atoms with Crippen LogP contribution in [0.5, 0.6) is 0 Å². The second-order valence-electron chi connectivity index (χ2n) is 3.67. The number of nitrogens with one attached hydrogen (secondary N) is 2. The first-order valence-corrected chi connectivity index (χ1v) is 5.31. The topological polar surface area (TPSA) is 50.4 Å². The second kappa shape index (κ2) is 5.98. The normalized spacial score (nSPS) is 23.4. The van der Waals surface area contributed by atoms with Crippen molar-refractivity contribution in [2.45, 2.75) is 38.3 Å². The Hall–Kier alpha value is -0.610. The lowest BCUT2D eigenvalue weighted by Gasteiger charge is -2.15. The fourth-order valence-electron chi connectivity index (χ4n) is 1.73. The molecule has 2 N–H and O–H groups in total. The number of methoxy groups -OCH3 is 1. The van der Waals surface area contributed by atoms with E-state index in [9.17, 15) is 4.79 Å². The average molecular weight is 200 g/mol. The van der Waals surface area contributed by atoms with Crippen molar-refractivity contribution < 1.29 is 9.53 Å². The van der Waals surface area contributed by atoms with Crippen LogP contribution in [0.25, 0.3) is 0 Å². The number of rotatable bonds is 5. The summed E-state index contributed by atoms with van der Waals surface area (Å²) in [6.07, 6.45) is 2.79. The smallest absolute Gasteiger partial charge is 0.249 e. The number of carbonyl (C=O) groups excluding carboxylic acids is 1. The molecule has 2 atom stereocenters. The number of ether oxygens (including phenoxy) is 1. The minimum atomic E-state index is -0.295. The third kappa shape index (κ3) is 3.27. The largest absolute Gasteiger partial charge is 0.372 e. The SMILES string of the molecule is CCC(OC)C(=O)NCC1CCCN1. The maximum Gasteiger partial charge on any atom is 0.249 e. The van der Waals surface area contributed by atoms with Gasteiger partial charge in [-0.1, -0.05) is 6.92 Å². The molecular formula is C10H20N2O2. The van der Waals surface area contributed by atoms with Gasteiger partial charge in [0.05, 0.1) is 0 Å². The van der Waals surface area contributed by atoms with Crippen molar-refractivity contribution in [2.24, 2.45) is 0 Å². The molecule has 1 heterocycles. The van der Waals surface area contributed by atoms with Crippen LogP contribution in [0.15, 0.2) is 0 Å². The summed E-state index contributed by atoms with van der Waals surface area (Å²) in [6, 6.07) is 0.452. The lowest BCUT2D eigenvalue weighted by atomic mass is 10.2. The van der Waals surface area contributed by atoms with Crippen LogP contribution in [0.3, 0.4) is 0 Å². The third-order valence-electron chi connectivity index (χ3n) is 2.63. The van der Waals surface area contributed by atoms with E-state index in [4.69, 9.17) is 4.74 Å². The van der Waals surface area contributed by atoms with Crippen LogP contribution in [0.4, 0.5) is 0 Å². The van der Waals surface area contributed by atoms with E-state index in [-0.39, 0.29) is 12.0 Å². The summed E-state index contributed by atoms with van der Waals surface area (Å²) in [5.41, 5.74) is 0. The molecule has 2 unspecified atom stereocenters. The van der Waals surface area contributed by atoms with Crippen LogP contribution in [0.2, 0.25) is 0 Å². The van der Waals surface area contributed by atoms with Gasteiger partial charge in [0, 0.05) is 19.7 Å². The van der Waals surface area contributed by atoms with Crippen LogP contribution in [-0.2, 0) is 9.53 Å². The molecule has 1 aliphatic heterocycles. The molecule has 0 saturated carbocycles. The molecule has 1 amide bonds. The molecule has 1 rings (SSSR count). The number of hydrogen-bond acceptors (Lipinski definition) is 3. The molecule has 0 bridgehead atoms. The fourth-order valence-corrected chi connectivity index (χ4v) is 1.73. The maximum absolute atomic E-state index is 11.5. The van der Waals surface area contributed by atoms with Gasteiger partial charge in [-0.25, -0.2) is 0 Å². The van der Waals surface area contributed by atoms with Crippen LogP contribution >= 0.6 is 0 Å². The van der Waals surface area contributed by atoms with Gasteiger partial charge < -0.3 is 15.4 Å². The highest BCUT2D eigenvalue weighted by atomic mass is 16.5. The summed E-state index contributed by atoms with van der Waals surface area (Å²) < 4.78 is 5.04. The van der Waals surface area contributed by atoms with Gasteiger partial charge >= 0.3 is 0 Å². The first-order valence-electron chi connectivity index (χ1n) is 5.31. The average Bonchev–Trinajstić information content (AvgIpc) is 2.69. The Labute approximate surface area is 85.4 Å². The molecule has 4 nitrogen and oxygen atoms in total. The van der Waals surface area contributed by atoms with Crippen molar-refractivity contribution in [3.63, 3.8) is 0 Å². The van der Waals surface area contributed by atoms with Crippen LogP contribution < -0.4 is 10.6 Å². The molecule has 4 heteroatoms. The van der Waals surface area contributed by atoms with Gasteiger partial charge in [0.25, 0.3) is 0 Å².